The van der Waals surface area contributed by atoms with Crippen LogP contribution < -0.4 is 14.8 Å². The Bertz CT molecular complexity index is 799. The summed E-state index contributed by atoms with van der Waals surface area (Å²) in [6.45, 7) is 4.32. The number of hydrogen-bond acceptors (Lipinski definition) is 5. The molecule has 3 rings (SSSR count). The fourth-order valence-corrected chi connectivity index (χ4v) is 5.14. The number of para-hydroxylation sites is 1. The first kappa shape index (κ1) is 16.8. The molecule has 0 aliphatic carbocycles. The molecule has 24 heavy (non-hydrogen) atoms. The fourth-order valence-electron chi connectivity index (χ4n) is 3.04. The van der Waals surface area contributed by atoms with E-state index in [1.807, 2.05) is 25.1 Å². The summed E-state index contributed by atoms with van der Waals surface area (Å²) >= 11 is 0. The average molecular weight is 351 g/mol. The van der Waals surface area contributed by atoms with Crippen molar-refractivity contribution < 1.29 is 22.7 Å². The van der Waals surface area contributed by atoms with Gasteiger partial charge in [0.25, 0.3) is 5.91 Å². The van der Waals surface area contributed by atoms with Gasteiger partial charge in [0.05, 0.1) is 29.2 Å². The van der Waals surface area contributed by atoms with Gasteiger partial charge >= 0.3 is 0 Å². The van der Waals surface area contributed by atoms with Gasteiger partial charge in [0.1, 0.15) is 6.61 Å². The van der Waals surface area contributed by atoms with Crippen LogP contribution in [0.5, 0.6) is 11.5 Å². The number of rotatable bonds is 4. The molecule has 1 aromatic carbocycles. The zero-order valence-electron chi connectivity index (χ0n) is 13.8. The molecule has 7 heteroatoms. The molecule has 0 radical (unpaired) electrons. The van der Waals surface area contributed by atoms with Gasteiger partial charge in [-0.3, -0.25) is 4.79 Å². The van der Waals surface area contributed by atoms with Crippen LogP contribution in [0.25, 0.3) is 6.08 Å². The van der Waals surface area contributed by atoms with Crippen LogP contribution in [0.2, 0.25) is 0 Å². The second-order valence-corrected chi connectivity index (χ2v) is 8.61. The SMILES string of the molecule is CCOc1cccc2c1OCC(C(=O)NC1(C)CCS(=O)(=O)C1)=C2. The van der Waals surface area contributed by atoms with Crippen molar-refractivity contribution in [2.75, 3.05) is 24.7 Å². The molecule has 0 spiro atoms. The van der Waals surface area contributed by atoms with E-state index in [-0.39, 0.29) is 24.0 Å². The zero-order valence-corrected chi connectivity index (χ0v) is 14.6. The summed E-state index contributed by atoms with van der Waals surface area (Å²) in [5.41, 5.74) is 0.535. The van der Waals surface area contributed by atoms with E-state index in [2.05, 4.69) is 5.32 Å². The Morgan fingerprint density at radius 3 is 2.88 bits per heavy atom. The molecule has 2 aliphatic heterocycles. The molecule has 0 bridgehead atoms. The first-order chi connectivity index (χ1) is 11.3. The molecule has 130 valence electrons. The molecule has 1 fully saturated rings. The highest BCUT2D eigenvalue weighted by Crippen LogP contribution is 2.36. The highest BCUT2D eigenvalue weighted by Gasteiger charge is 2.40. The highest BCUT2D eigenvalue weighted by molar-refractivity contribution is 7.91. The fraction of sp³-hybridized carbons (Fsp3) is 0.471. The van der Waals surface area contributed by atoms with Gasteiger partial charge in [0, 0.05) is 5.56 Å². The number of amides is 1. The van der Waals surface area contributed by atoms with Crippen LogP contribution in [0.3, 0.4) is 0 Å². The lowest BCUT2D eigenvalue weighted by atomic mass is 10.0. The lowest BCUT2D eigenvalue weighted by molar-refractivity contribution is -0.119. The molecular weight excluding hydrogens is 330 g/mol. The molecule has 0 aromatic heterocycles. The van der Waals surface area contributed by atoms with Crippen molar-refractivity contribution in [2.45, 2.75) is 25.8 Å². The number of nitrogens with one attached hydrogen (secondary N) is 1. The summed E-state index contributed by atoms with van der Waals surface area (Å²) in [5.74, 6) is 1.08. The first-order valence-corrected chi connectivity index (χ1v) is 9.76. The predicted molar refractivity (Wildman–Crippen MR) is 90.9 cm³/mol. The Balaban J connectivity index is 1.79. The Kier molecular flexibility index (Phi) is 4.29. The molecule has 2 aliphatic rings. The van der Waals surface area contributed by atoms with Gasteiger partial charge in [0.15, 0.2) is 21.3 Å². The van der Waals surface area contributed by atoms with Gasteiger partial charge in [-0.15, -0.1) is 0 Å². The second-order valence-electron chi connectivity index (χ2n) is 6.42. The molecule has 1 amide bonds. The van der Waals surface area contributed by atoms with E-state index in [9.17, 15) is 13.2 Å². The van der Waals surface area contributed by atoms with Crippen molar-refractivity contribution in [1.82, 2.24) is 5.32 Å². The van der Waals surface area contributed by atoms with Gasteiger partial charge < -0.3 is 14.8 Å². The highest BCUT2D eigenvalue weighted by atomic mass is 32.2. The van der Waals surface area contributed by atoms with Gasteiger partial charge in [-0.1, -0.05) is 12.1 Å². The van der Waals surface area contributed by atoms with Crippen LogP contribution in [0.1, 0.15) is 25.8 Å². The van der Waals surface area contributed by atoms with Crippen LogP contribution in [0, 0.1) is 0 Å². The van der Waals surface area contributed by atoms with Crippen molar-refractivity contribution in [3.05, 3.63) is 29.3 Å². The Hall–Kier alpha value is -2.02. The van der Waals surface area contributed by atoms with Gasteiger partial charge in [-0.05, 0) is 32.4 Å². The summed E-state index contributed by atoms with van der Waals surface area (Å²) in [7, 11) is -3.07. The molecule has 1 saturated heterocycles. The predicted octanol–water partition coefficient (Wildman–Crippen LogP) is 1.55. The maximum atomic E-state index is 12.5. The molecular formula is C17H21NO5S. The van der Waals surface area contributed by atoms with Crippen LogP contribution in [0.4, 0.5) is 0 Å². The third-order valence-corrected chi connectivity index (χ3v) is 6.12. The minimum absolute atomic E-state index is 0.0229. The van der Waals surface area contributed by atoms with E-state index in [1.165, 1.54) is 0 Å². The molecule has 1 aromatic rings. The normalized spacial score (nSPS) is 24.5. The minimum Gasteiger partial charge on any atom is -0.490 e. The van der Waals surface area contributed by atoms with Crippen LogP contribution in [-0.2, 0) is 14.6 Å². The Morgan fingerprint density at radius 2 is 2.21 bits per heavy atom. The average Bonchev–Trinajstić information content (AvgIpc) is 2.80. The Labute approximate surface area is 141 Å². The molecule has 0 saturated carbocycles. The summed E-state index contributed by atoms with van der Waals surface area (Å²) in [5, 5.41) is 2.85. The van der Waals surface area contributed by atoms with Gasteiger partial charge in [-0.25, -0.2) is 8.42 Å². The van der Waals surface area contributed by atoms with E-state index in [1.54, 1.807) is 13.0 Å². The molecule has 2 heterocycles. The molecule has 1 N–H and O–H groups in total. The quantitative estimate of drug-likeness (QED) is 0.890. The summed E-state index contributed by atoms with van der Waals surface area (Å²) in [6.07, 6.45) is 2.20. The van der Waals surface area contributed by atoms with Crippen LogP contribution in [-0.4, -0.2) is 44.6 Å². The standard InChI is InChI=1S/C17H21NO5S/c1-3-22-14-6-4-5-12-9-13(10-23-15(12)14)16(19)18-17(2)7-8-24(20,21)11-17/h4-6,9H,3,7-8,10-11H2,1-2H3,(H,18,19). The molecule has 1 atom stereocenters. The van der Waals surface area contributed by atoms with E-state index >= 15 is 0 Å². The second kappa shape index (κ2) is 6.12. The van der Waals surface area contributed by atoms with Crippen molar-refractivity contribution in [3.8, 4) is 11.5 Å². The molecule has 6 nitrogen and oxygen atoms in total. The van der Waals surface area contributed by atoms with E-state index in [0.717, 1.165) is 5.56 Å². The maximum absolute atomic E-state index is 12.5. The number of sulfone groups is 1. The smallest absolute Gasteiger partial charge is 0.251 e. The number of hydrogen-bond donors (Lipinski definition) is 1. The van der Waals surface area contributed by atoms with E-state index < -0.39 is 15.4 Å². The number of carbonyl (C=O) groups is 1. The minimum atomic E-state index is -3.07. The van der Waals surface area contributed by atoms with Gasteiger partial charge in [0.2, 0.25) is 0 Å². The van der Waals surface area contributed by atoms with Crippen molar-refractivity contribution >= 4 is 21.8 Å². The summed E-state index contributed by atoms with van der Waals surface area (Å²) in [4.78, 5) is 12.5. The lowest BCUT2D eigenvalue weighted by Gasteiger charge is -2.26. The summed E-state index contributed by atoms with van der Waals surface area (Å²) in [6, 6.07) is 5.52. The number of carbonyl (C=O) groups excluding carboxylic acids is 1. The van der Waals surface area contributed by atoms with Gasteiger partial charge in [-0.2, -0.15) is 0 Å². The first-order valence-electron chi connectivity index (χ1n) is 7.94. The Morgan fingerprint density at radius 1 is 1.42 bits per heavy atom. The maximum Gasteiger partial charge on any atom is 0.251 e. The lowest BCUT2D eigenvalue weighted by Crippen LogP contribution is -2.48. The topological polar surface area (TPSA) is 81.7 Å². The molecule has 1 unspecified atom stereocenters. The van der Waals surface area contributed by atoms with Crippen molar-refractivity contribution in [2.24, 2.45) is 0 Å². The van der Waals surface area contributed by atoms with E-state index in [0.29, 0.717) is 30.1 Å². The number of fused-ring (bicyclic) bond motifs is 1. The third kappa shape index (κ3) is 3.40. The number of benzene rings is 1. The van der Waals surface area contributed by atoms with Crippen LogP contribution >= 0.6 is 0 Å². The third-order valence-electron chi connectivity index (χ3n) is 4.22. The monoisotopic (exact) mass is 351 g/mol. The van der Waals surface area contributed by atoms with Crippen LogP contribution in [0.15, 0.2) is 23.8 Å². The van der Waals surface area contributed by atoms with Crippen molar-refractivity contribution in [3.63, 3.8) is 0 Å². The summed E-state index contributed by atoms with van der Waals surface area (Å²) < 4.78 is 34.6. The zero-order chi connectivity index (χ0) is 17.4. The van der Waals surface area contributed by atoms with E-state index in [4.69, 9.17) is 9.47 Å². The van der Waals surface area contributed by atoms with Crippen molar-refractivity contribution in [1.29, 1.82) is 0 Å². The largest absolute Gasteiger partial charge is 0.490 e. The number of ether oxygens (including phenoxy) is 2.